The second-order valence-electron chi connectivity index (χ2n) is 5.02. The van der Waals surface area contributed by atoms with Gasteiger partial charge < -0.3 is 14.9 Å². The zero-order chi connectivity index (χ0) is 17.4. The molecule has 2 rings (SSSR count). The molecule has 0 fully saturated rings. The molecule has 0 aromatic heterocycles. The van der Waals surface area contributed by atoms with Gasteiger partial charge in [-0.25, -0.2) is 0 Å². The highest BCUT2D eigenvalue weighted by molar-refractivity contribution is 9.10. The molecule has 5 nitrogen and oxygen atoms in total. The minimum Gasteiger partial charge on any atom is -0.494 e. The summed E-state index contributed by atoms with van der Waals surface area (Å²) in [5.41, 5.74) is 2.63. The number of anilines is 1. The third kappa shape index (κ3) is 5.70. The number of amides is 1. The van der Waals surface area contributed by atoms with Crippen LogP contribution in [0.15, 0.2) is 52.1 Å². The molecule has 2 aromatic rings. The van der Waals surface area contributed by atoms with E-state index < -0.39 is 0 Å². The average Bonchev–Trinajstić information content (AvgIpc) is 2.57. The van der Waals surface area contributed by atoms with Crippen molar-refractivity contribution in [3.8, 4) is 5.75 Å². The van der Waals surface area contributed by atoms with E-state index in [0.29, 0.717) is 6.61 Å². The normalized spacial score (nSPS) is 10.6. The highest BCUT2D eigenvalue weighted by Crippen LogP contribution is 2.19. The van der Waals surface area contributed by atoms with Gasteiger partial charge in [-0.05, 0) is 67.4 Å². The maximum atomic E-state index is 11.8. The number of nitrogens with zero attached hydrogens (tertiary/aromatic N) is 1. The summed E-state index contributed by atoms with van der Waals surface area (Å²) in [6.45, 7) is 4.37. The minimum absolute atomic E-state index is 0.150. The highest BCUT2D eigenvalue weighted by atomic mass is 79.9. The maximum absolute atomic E-state index is 11.8. The molecule has 0 saturated carbocycles. The van der Waals surface area contributed by atoms with Gasteiger partial charge in [0.15, 0.2) is 6.61 Å². The van der Waals surface area contributed by atoms with E-state index in [1.165, 1.54) is 0 Å². The van der Waals surface area contributed by atoms with E-state index in [0.717, 1.165) is 27.0 Å². The van der Waals surface area contributed by atoms with E-state index in [4.69, 9.17) is 9.57 Å². The number of halogens is 1. The van der Waals surface area contributed by atoms with Gasteiger partial charge in [-0.2, -0.15) is 0 Å². The summed E-state index contributed by atoms with van der Waals surface area (Å²) in [5, 5.41) is 6.55. The molecule has 0 heterocycles. The highest BCUT2D eigenvalue weighted by Gasteiger charge is 2.04. The summed E-state index contributed by atoms with van der Waals surface area (Å²) in [4.78, 5) is 16.8. The molecule has 0 unspecified atom stereocenters. The van der Waals surface area contributed by atoms with Crippen molar-refractivity contribution >= 4 is 33.7 Å². The molecular formula is C18H19BrN2O3. The summed E-state index contributed by atoms with van der Waals surface area (Å²) in [7, 11) is 0. The maximum Gasteiger partial charge on any atom is 0.265 e. The molecule has 24 heavy (non-hydrogen) atoms. The number of aryl methyl sites for hydroxylation is 1. The monoisotopic (exact) mass is 390 g/mol. The van der Waals surface area contributed by atoms with Crippen LogP contribution >= 0.6 is 15.9 Å². The quantitative estimate of drug-likeness (QED) is 0.570. The van der Waals surface area contributed by atoms with Crippen molar-refractivity contribution in [2.45, 2.75) is 13.8 Å². The number of hydrogen-bond acceptors (Lipinski definition) is 4. The molecule has 0 atom stereocenters. The Balaban J connectivity index is 1.78. The molecule has 0 bridgehead atoms. The van der Waals surface area contributed by atoms with Gasteiger partial charge in [-0.1, -0.05) is 21.1 Å². The second kappa shape index (κ2) is 9.08. The number of hydrogen-bond donors (Lipinski definition) is 1. The van der Waals surface area contributed by atoms with Crippen LogP contribution in [-0.2, 0) is 9.63 Å². The van der Waals surface area contributed by atoms with Gasteiger partial charge >= 0.3 is 0 Å². The van der Waals surface area contributed by atoms with E-state index in [-0.39, 0.29) is 12.5 Å². The summed E-state index contributed by atoms with van der Waals surface area (Å²) >= 11 is 3.42. The summed E-state index contributed by atoms with van der Waals surface area (Å²) in [6, 6.07) is 13.0. The Bertz CT molecular complexity index is 715. The number of carbonyl (C=O) groups is 1. The number of ether oxygens (including phenoxy) is 1. The van der Waals surface area contributed by atoms with Crippen molar-refractivity contribution in [3.63, 3.8) is 0 Å². The van der Waals surface area contributed by atoms with Gasteiger partial charge in [0.2, 0.25) is 0 Å². The fourth-order valence-electron chi connectivity index (χ4n) is 1.93. The van der Waals surface area contributed by atoms with Gasteiger partial charge in [-0.3, -0.25) is 4.79 Å². The summed E-state index contributed by atoms with van der Waals surface area (Å²) in [5.74, 6) is 0.542. The van der Waals surface area contributed by atoms with Crippen molar-refractivity contribution in [2.75, 3.05) is 18.5 Å². The fourth-order valence-corrected chi connectivity index (χ4v) is 2.18. The zero-order valence-electron chi connectivity index (χ0n) is 13.6. The molecule has 0 aliphatic carbocycles. The number of carbonyl (C=O) groups excluding carboxylic acids is 1. The second-order valence-corrected chi connectivity index (χ2v) is 5.88. The molecule has 1 N–H and O–H groups in total. The van der Waals surface area contributed by atoms with E-state index in [2.05, 4.69) is 26.4 Å². The lowest BCUT2D eigenvalue weighted by molar-refractivity contribution is -0.120. The number of nitrogens with one attached hydrogen (secondary N) is 1. The molecule has 0 radical (unpaired) electrons. The lowest BCUT2D eigenvalue weighted by Gasteiger charge is -2.06. The molecule has 0 aliphatic heterocycles. The van der Waals surface area contributed by atoms with Crippen molar-refractivity contribution < 1.29 is 14.4 Å². The van der Waals surface area contributed by atoms with Crippen molar-refractivity contribution in [1.29, 1.82) is 0 Å². The molecule has 0 aliphatic rings. The van der Waals surface area contributed by atoms with Crippen LogP contribution in [0.2, 0.25) is 0 Å². The molecule has 0 saturated heterocycles. The average molecular weight is 391 g/mol. The van der Waals surface area contributed by atoms with Crippen LogP contribution in [0.3, 0.4) is 0 Å². The van der Waals surface area contributed by atoms with E-state index in [1.807, 2.05) is 56.3 Å². The van der Waals surface area contributed by atoms with Crippen LogP contribution in [-0.4, -0.2) is 25.3 Å². The van der Waals surface area contributed by atoms with E-state index in [9.17, 15) is 4.79 Å². The van der Waals surface area contributed by atoms with Crippen molar-refractivity contribution in [2.24, 2.45) is 5.16 Å². The third-order valence-corrected chi connectivity index (χ3v) is 3.99. The van der Waals surface area contributed by atoms with Crippen LogP contribution < -0.4 is 10.1 Å². The largest absolute Gasteiger partial charge is 0.494 e. The minimum atomic E-state index is -0.263. The Labute approximate surface area is 149 Å². The Morgan fingerprint density at radius 2 is 2.00 bits per heavy atom. The van der Waals surface area contributed by atoms with Gasteiger partial charge in [-0.15, -0.1) is 0 Å². The summed E-state index contributed by atoms with van der Waals surface area (Å²) < 4.78 is 6.36. The lowest BCUT2D eigenvalue weighted by Crippen LogP contribution is -2.17. The van der Waals surface area contributed by atoms with E-state index in [1.54, 1.807) is 6.21 Å². The zero-order valence-corrected chi connectivity index (χ0v) is 15.2. The topological polar surface area (TPSA) is 59.9 Å². The third-order valence-electron chi connectivity index (χ3n) is 3.10. The van der Waals surface area contributed by atoms with Crippen molar-refractivity contribution in [1.82, 2.24) is 0 Å². The fraction of sp³-hybridized carbons (Fsp3) is 0.222. The van der Waals surface area contributed by atoms with Gasteiger partial charge in [0, 0.05) is 10.2 Å². The van der Waals surface area contributed by atoms with Crippen LogP contribution in [0.1, 0.15) is 18.1 Å². The number of rotatable bonds is 7. The molecular weight excluding hydrogens is 372 g/mol. The van der Waals surface area contributed by atoms with E-state index >= 15 is 0 Å². The first-order valence-electron chi connectivity index (χ1n) is 7.52. The Morgan fingerprint density at radius 1 is 1.25 bits per heavy atom. The first-order chi connectivity index (χ1) is 11.6. The van der Waals surface area contributed by atoms with Crippen LogP contribution in [0.5, 0.6) is 5.75 Å². The Hall–Kier alpha value is -2.34. The van der Waals surface area contributed by atoms with Crippen molar-refractivity contribution in [3.05, 3.63) is 58.1 Å². The van der Waals surface area contributed by atoms with Gasteiger partial charge in [0.1, 0.15) is 5.75 Å². The van der Waals surface area contributed by atoms with Gasteiger partial charge in [0.25, 0.3) is 5.91 Å². The first-order valence-corrected chi connectivity index (χ1v) is 8.32. The van der Waals surface area contributed by atoms with Gasteiger partial charge in [0.05, 0.1) is 12.8 Å². The molecule has 6 heteroatoms. The Kier molecular flexibility index (Phi) is 6.81. The first kappa shape index (κ1) is 18.0. The molecule has 2 aromatic carbocycles. The lowest BCUT2D eigenvalue weighted by atomic mass is 10.2. The predicted molar refractivity (Wildman–Crippen MR) is 98.7 cm³/mol. The SMILES string of the molecule is CCOc1ccc(/C=N\OCC(=O)Nc2ccc(Br)c(C)c2)cc1. The smallest absolute Gasteiger partial charge is 0.265 e. The molecule has 0 spiro atoms. The number of oxime groups is 1. The van der Waals surface area contributed by atoms with Crippen LogP contribution in [0.4, 0.5) is 5.69 Å². The standard InChI is InChI=1S/C18H19BrN2O3/c1-3-23-16-7-4-14(5-8-16)11-20-24-12-18(22)21-15-6-9-17(19)13(2)10-15/h4-11H,3,12H2,1-2H3,(H,21,22)/b20-11-. The molecule has 1 amide bonds. The van der Waals surface area contributed by atoms with Crippen LogP contribution in [0, 0.1) is 6.92 Å². The summed E-state index contributed by atoms with van der Waals surface area (Å²) in [6.07, 6.45) is 1.55. The number of benzene rings is 2. The van der Waals surface area contributed by atoms with Crippen LogP contribution in [0.25, 0.3) is 0 Å². The Morgan fingerprint density at radius 3 is 2.67 bits per heavy atom. The molecule has 126 valence electrons. The predicted octanol–water partition coefficient (Wildman–Crippen LogP) is 4.15.